The molecule has 0 saturated heterocycles. The summed E-state index contributed by atoms with van der Waals surface area (Å²) in [6.07, 6.45) is 2.48. The molecule has 0 bridgehead atoms. The van der Waals surface area contributed by atoms with Crippen LogP contribution in [0.4, 0.5) is 0 Å². The van der Waals surface area contributed by atoms with Gasteiger partial charge in [0.2, 0.25) is 10.0 Å². The number of hydrogen-bond acceptors (Lipinski definition) is 2. The minimum Gasteiger partial charge on any atom is -0.212 e. The van der Waals surface area contributed by atoms with E-state index in [1.54, 1.807) is 4.31 Å². The summed E-state index contributed by atoms with van der Waals surface area (Å²) in [4.78, 5) is 0. The van der Waals surface area contributed by atoms with Gasteiger partial charge in [-0.3, -0.25) is 0 Å². The molecule has 0 atom stereocenters. The molecule has 80 valence electrons. The third-order valence-electron chi connectivity index (χ3n) is 1.80. The molecule has 0 rings (SSSR count). The molecule has 0 aromatic heterocycles. The summed E-state index contributed by atoms with van der Waals surface area (Å²) in [7, 11) is -2.96. The van der Waals surface area contributed by atoms with Gasteiger partial charge in [-0.1, -0.05) is 20.8 Å². The van der Waals surface area contributed by atoms with Gasteiger partial charge < -0.3 is 0 Å². The lowest BCUT2D eigenvalue weighted by Crippen LogP contribution is -2.34. The fraction of sp³-hybridized carbons (Fsp3) is 1.00. The second kappa shape index (κ2) is 6.38. The van der Waals surface area contributed by atoms with Crippen molar-refractivity contribution >= 4 is 10.0 Å². The van der Waals surface area contributed by atoms with Crippen LogP contribution in [0.3, 0.4) is 0 Å². The van der Waals surface area contributed by atoms with Gasteiger partial charge in [-0.25, -0.2) is 12.7 Å². The molecule has 0 aliphatic carbocycles. The topological polar surface area (TPSA) is 37.4 Å². The zero-order valence-electron chi connectivity index (χ0n) is 8.91. The summed E-state index contributed by atoms with van der Waals surface area (Å²) in [5.41, 5.74) is 0. The fourth-order valence-corrected chi connectivity index (χ4v) is 2.97. The molecule has 0 spiro atoms. The van der Waals surface area contributed by atoms with Crippen LogP contribution < -0.4 is 0 Å². The van der Waals surface area contributed by atoms with E-state index < -0.39 is 10.0 Å². The van der Waals surface area contributed by atoms with E-state index in [0.29, 0.717) is 19.5 Å². The first-order valence-electron chi connectivity index (χ1n) is 5.06. The van der Waals surface area contributed by atoms with Crippen LogP contribution in [-0.4, -0.2) is 31.6 Å². The van der Waals surface area contributed by atoms with Crippen molar-refractivity contribution in [3.05, 3.63) is 0 Å². The molecule has 0 N–H and O–H groups in total. The molecule has 0 saturated carbocycles. The second-order valence-electron chi connectivity index (χ2n) is 3.22. The van der Waals surface area contributed by atoms with Crippen molar-refractivity contribution in [2.24, 2.45) is 0 Å². The molecule has 0 unspecified atom stereocenters. The molecular formula is C9H21NO2S. The molecule has 0 radical (unpaired) electrons. The van der Waals surface area contributed by atoms with E-state index in [2.05, 4.69) is 0 Å². The Labute approximate surface area is 82.2 Å². The van der Waals surface area contributed by atoms with Crippen molar-refractivity contribution in [3.8, 4) is 0 Å². The molecule has 0 amide bonds. The molecule has 0 aliphatic rings. The van der Waals surface area contributed by atoms with Gasteiger partial charge in [-0.2, -0.15) is 0 Å². The highest BCUT2D eigenvalue weighted by molar-refractivity contribution is 7.89. The van der Waals surface area contributed by atoms with Gasteiger partial charge in [-0.05, 0) is 19.3 Å². The Morgan fingerprint density at radius 1 is 0.923 bits per heavy atom. The van der Waals surface area contributed by atoms with Crippen molar-refractivity contribution in [2.75, 3.05) is 18.8 Å². The maximum absolute atomic E-state index is 11.6. The van der Waals surface area contributed by atoms with Gasteiger partial charge in [0.25, 0.3) is 0 Å². The standard InChI is InChI=1S/C9H21NO2S/c1-4-7-10(8-5-2)13(11,12)9-6-3/h4-9H2,1-3H3. The van der Waals surface area contributed by atoms with Gasteiger partial charge in [0.1, 0.15) is 0 Å². The predicted octanol–water partition coefficient (Wildman–Crippen LogP) is 1.85. The number of sulfonamides is 1. The zero-order valence-corrected chi connectivity index (χ0v) is 9.73. The largest absolute Gasteiger partial charge is 0.214 e. The Hall–Kier alpha value is -0.0900. The maximum Gasteiger partial charge on any atom is 0.214 e. The van der Waals surface area contributed by atoms with Crippen LogP contribution in [0.1, 0.15) is 40.0 Å². The lowest BCUT2D eigenvalue weighted by atomic mass is 10.4. The van der Waals surface area contributed by atoms with E-state index in [0.717, 1.165) is 12.8 Å². The molecule has 13 heavy (non-hydrogen) atoms. The Balaban J connectivity index is 4.33. The van der Waals surface area contributed by atoms with Crippen molar-refractivity contribution in [3.63, 3.8) is 0 Å². The van der Waals surface area contributed by atoms with Crippen LogP contribution >= 0.6 is 0 Å². The van der Waals surface area contributed by atoms with Gasteiger partial charge in [0, 0.05) is 13.1 Å². The van der Waals surface area contributed by atoms with Crippen LogP contribution in [0.2, 0.25) is 0 Å². The van der Waals surface area contributed by atoms with Gasteiger partial charge in [0.05, 0.1) is 5.75 Å². The molecule has 0 aromatic carbocycles. The predicted molar refractivity (Wildman–Crippen MR) is 56.2 cm³/mol. The Morgan fingerprint density at radius 3 is 1.69 bits per heavy atom. The van der Waals surface area contributed by atoms with Crippen LogP contribution in [0.25, 0.3) is 0 Å². The van der Waals surface area contributed by atoms with E-state index in [4.69, 9.17) is 0 Å². The number of nitrogens with zero attached hydrogens (tertiary/aromatic N) is 1. The van der Waals surface area contributed by atoms with Crippen molar-refractivity contribution in [2.45, 2.75) is 40.0 Å². The SMILES string of the molecule is CCCN(CCC)S(=O)(=O)CCC. The maximum atomic E-state index is 11.6. The normalized spacial score (nSPS) is 12.3. The first-order chi connectivity index (χ1) is 6.08. The highest BCUT2D eigenvalue weighted by atomic mass is 32.2. The second-order valence-corrected chi connectivity index (χ2v) is 5.30. The Morgan fingerprint density at radius 2 is 1.38 bits per heavy atom. The third kappa shape index (κ3) is 4.62. The summed E-state index contributed by atoms with van der Waals surface area (Å²) < 4.78 is 24.9. The lowest BCUT2D eigenvalue weighted by Gasteiger charge is -2.20. The molecule has 3 nitrogen and oxygen atoms in total. The van der Waals surface area contributed by atoms with Gasteiger partial charge in [-0.15, -0.1) is 0 Å². The van der Waals surface area contributed by atoms with E-state index in [9.17, 15) is 8.42 Å². The Kier molecular flexibility index (Phi) is 6.33. The highest BCUT2D eigenvalue weighted by Gasteiger charge is 2.18. The summed E-state index contributed by atoms with van der Waals surface area (Å²) in [6.45, 7) is 7.23. The molecule has 0 fully saturated rings. The quantitative estimate of drug-likeness (QED) is 0.639. The molecule has 0 aliphatic heterocycles. The fourth-order valence-electron chi connectivity index (χ4n) is 1.28. The highest BCUT2D eigenvalue weighted by Crippen LogP contribution is 2.05. The van der Waals surface area contributed by atoms with Crippen molar-refractivity contribution < 1.29 is 8.42 Å². The number of rotatable bonds is 7. The van der Waals surface area contributed by atoms with Gasteiger partial charge in [0.15, 0.2) is 0 Å². The summed E-state index contributed by atoms with van der Waals surface area (Å²) in [5, 5.41) is 0. The monoisotopic (exact) mass is 207 g/mol. The van der Waals surface area contributed by atoms with Crippen LogP contribution in [0.15, 0.2) is 0 Å². The van der Waals surface area contributed by atoms with Crippen molar-refractivity contribution in [1.29, 1.82) is 0 Å². The third-order valence-corrected chi connectivity index (χ3v) is 3.88. The summed E-state index contributed by atoms with van der Waals surface area (Å²) in [5.74, 6) is 0.285. The minimum atomic E-state index is -2.96. The van der Waals surface area contributed by atoms with Crippen LogP contribution in [0.5, 0.6) is 0 Å². The number of hydrogen-bond donors (Lipinski definition) is 0. The molecule has 4 heteroatoms. The van der Waals surface area contributed by atoms with Crippen LogP contribution in [-0.2, 0) is 10.0 Å². The Bertz CT molecular complexity index is 206. The van der Waals surface area contributed by atoms with Crippen molar-refractivity contribution in [1.82, 2.24) is 4.31 Å². The average molecular weight is 207 g/mol. The molecule has 0 heterocycles. The average Bonchev–Trinajstić information content (AvgIpc) is 2.04. The summed E-state index contributed by atoms with van der Waals surface area (Å²) >= 11 is 0. The van der Waals surface area contributed by atoms with E-state index in [1.807, 2.05) is 20.8 Å². The first kappa shape index (κ1) is 12.9. The smallest absolute Gasteiger partial charge is 0.212 e. The zero-order chi connectivity index (χ0) is 10.3. The van der Waals surface area contributed by atoms with Gasteiger partial charge >= 0.3 is 0 Å². The molecule has 0 aromatic rings. The van der Waals surface area contributed by atoms with E-state index in [1.165, 1.54) is 0 Å². The lowest BCUT2D eigenvalue weighted by molar-refractivity contribution is 0.409. The van der Waals surface area contributed by atoms with E-state index >= 15 is 0 Å². The molecular weight excluding hydrogens is 186 g/mol. The van der Waals surface area contributed by atoms with Crippen LogP contribution in [0, 0.1) is 0 Å². The summed E-state index contributed by atoms with van der Waals surface area (Å²) in [6, 6.07) is 0. The minimum absolute atomic E-state index is 0.285. The first-order valence-corrected chi connectivity index (χ1v) is 6.67. The van der Waals surface area contributed by atoms with E-state index in [-0.39, 0.29) is 5.75 Å².